The fraction of sp³-hybridized carbons (Fsp3) is 0.615. The van der Waals surface area contributed by atoms with Crippen molar-refractivity contribution in [1.29, 1.82) is 0 Å². The van der Waals surface area contributed by atoms with Crippen LogP contribution in [0.5, 0.6) is 0 Å². The van der Waals surface area contributed by atoms with Crippen LogP contribution in [0, 0.1) is 0 Å². The summed E-state index contributed by atoms with van der Waals surface area (Å²) in [6.45, 7) is 1.62. The summed E-state index contributed by atoms with van der Waals surface area (Å²) in [7, 11) is 3.27. The highest BCUT2D eigenvalue weighted by atomic mass is 16.5. The molecule has 1 saturated heterocycles. The van der Waals surface area contributed by atoms with Gasteiger partial charge in [-0.05, 0) is 31.4 Å². The van der Waals surface area contributed by atoms with Gasteiger partial charge in [0.05, 0.1) is 13.2 Å². The van der Waals surface area contributed by atoms with Crippen LogP contribution < -0.4 is 4.90 Å². The standard InChI is InChI=1S/C13H19N3O3/c1-16(9-10-5-3-4-8-19-10)12-7-6-11(14-15-12)13(17)18-2/h6-7,10H,3-5,8-9H2,1-2H3. The predicted molar refractivity (Wildman–Crippen MR) is 70.2 cm³/mol. The van der Waals surface area contributed by atoms with Crippen molar-refractivity contribution in [3.8, 4) is 0 Å². The van der Waals surface area contributed by atoms with Crippen LogP contribution >= 0.6 is 0 Å². The van der Waals surface area contributed by atoms with Crippen molar-refractivity contribution in [2.24, 2.45) is 0 Å². The molecule has 2 rings (SSSR count). The van der Waals surface area contributed by atoms with Gasteiger partial charge in [-0.3, -0.25) is 0 Å². The summed E-state index contributed by atoms with van der Waals surface area (Å²) in [4.78, 5) is 13.2. The van der Waals surface area contributed by atoms with Crippen LogP contribution in [0.4, 0.5) is 5.82 Å². The largest absolute Gasteiger partial charge is 0.464 e. The Bertz CT molecular complexity index is 416. The van der Waals surface area contributed by atoms with Crippen LogP contribution in [0.2, 0.25) is 0 Å². The second kappa shape index (κ2) is 6.47. The van der Waals surface area contributed by atoms with Crippen LogP contribution in [-0.2, 0) is 9.47 Å². The molecule has 0 amide bonds. The van der Waals surface area contributed by atoms with Gasteiger partial charge >= 0.3 is 5.97 Å². The van der Waals surface area contributed by atoms with E-state index in [-0.39, 0.29) is 11.8 Å². The molecule has 6 nitrogen and oxygen atoms in total. The lowest BCUT2D eigenvalue weighted by atomic mass is 10.1. The van der Waals surface area contributed by atoms with E-state index < -0.39 is 5.97 Å². The number of methoxy groups -OCH3 is 1. The second-order valence-electron chi connectivity index (χ2n) is 4.64. The van der Waals surface area contributed by atoms with Gasteiger partial charge in [-0.25, -0.2) is 4.79 Å². The lowest BCUT2D eigenvalue weighted by Gasteiger charge is -2.27. The molecular formula is C13H19N3O3. The third kappa shape index (κ3) is 3.64. The van der Waals surface area contributed by atoms with E-state index in [1.807, 2.05) is 11.9 Å². The number of rotatable bonds is 4. The molecule has 6 heteroatoms. The Balaban J connectivity index is 1.94. The van der Waals surface area contributed by atoms with E-state index in [0.29, 0.717) is 0 Å². The Morgan fingerprint density at radius 1 is 1.47 bits per heavy atom. The molecule has 0 aliphatic carbocycles. The maximum absolute atomic E-state index is 11.3. The van der Waals surface area contributed by atoms with Gasteiger partial charge in [0.2, 0.25) is 0 Å². The fourth-order valence-corrected chi connectivity index (χ4v) is 2.09. The number of nitrogens with zero attached hydrogens (tertiary/aromatic N) is 3. The molecule has 0 N–H and O–H groups in total. The minimum Gasteiger partial charge on any atom is -0.464 e. The molecule has 0 radical (unpaired) electrons. The van der Waals surface area contributed by atoms with Gasteiger partial charge in [0, 0.05) is 20.2 Å². The van der Waals surface area contributed by atoms with Crippen molar-refractivity contribution in [1.82, 2.24) is 10.2 Å². The summed E-state index contributed by atoms with van der Waals surface area (Å²) in [5.74, 6) is 0.249. The molecular weight excluding hydrogens is 246 g/mol. The molecule has 1 aromatic heterocycles. The molecule has 1 aromatic rings. The van der Waals surface area contributed by atoms with Gasteiger partial charge < -0.3 is 14.4 Å². The molecule has 2 heterocycles. The number of aromatic nitrogens is 2. The monoisotopic (exact) mass is 265 g/mol. The Labute approximate surface area is 112 Å². The predicted octanol–water partition coefficient (Wildman–Crippen LogP) is 1.27. The minimum absolute atomic E-state index is 0.216. The maximum atomic E-state index is 11.3. The number of likely N-dealkylation sites (N-methyl/N-ethyl adjacent to an activating group) is 1. The van der Waals surface area contributed by atoms with E-state index in [0.717, 1.165) is 31.8 Å². The first-order valence-electron chi connectivity index (χ1n) is 6.45. The summed E-state index contributed by atoms with van der Waals surface area (Å²) < 4.78 is 10.3. The first-order valence-corrected chi connectivity index (χ1v) is 6.45. The Kier molecular flexibility index (Phi) is 4.68. The van der Waals surface area contributed by atoms with E-state index in [1.54, 1.807) is 12.1 Å². The summed E-state index contributed by atoms with van der Waals surface area (Å²) >= 11 is 0. The average Bonchev–Trinajstić information content (AvgIpc) is 2.47. The van der Waals surface area contributed by atoms with E-state index in [9.17, 15) is 4.79 Å². The van der Waals surface area contributed by atoms with Crippen LogP contribution in [0.15, 0.2) is 12.1 Å². The van der Waals surface area contributed by atoms with Gasteiger partial charge in [0.25, 0.3) is 0 Å². The zero-order chi connectivity index (χ0) is 13.7. The molecule has 1 aliphatic rings. The maximum Gasteiger partial charge on any atom is 0.358 e. The Morgan fingerprint density at radius 3 is 2.89 bits per heavy atom. The minimum atomic E-state index is -0.475. The zero-order valence-corrected chi connectivity index (χ0v) is 11.3. The topological polar surface area (TPSA) is 64.5 Å². The normalized spacial score (nSPS) is 18.9. The van der Waals surface area contributed by atoms with Crippen LogP contribution in [-0.4, -0.2) is 49.6 Å². The molecule has 0 bridgehead atoms. The average molecular weight is 265 g/mol. The van der Waals surface area contributed by atoms with Gasteiger partial charge in [-0.2, -0.15) is 0 Å². The molecule has 1 fully saturated rings. The second-order valence-corrected chi connectivity index (χ2v) is 4.64. The summed E-state index contributed by atoms with van der Waals surface area (Å²) in [5, 5.41) is 7.89. The summed E-state index contributed by atoms with van der Waals surface area (Å²) in [5.41, 5.74) is 0.216. The number of carbonyl (C=O) groups excluding carboxylic acids is 1. The van der Waals surface area contributed by atoms with Gasteiger partial charge in [-0.15, -0.1) is 10.2 Å². The van der Waals surface area contributed by atoms with Gasteiger partial charge in [-0.1, -0.05) is 0 Å². The number of esters is 1. The quantitative estimate of drug-likeness (QED) is 0.764. The van der Waals surface area contributed by atoms with Crippen molar-refractivity contribution < 1.29 is 14.3 Å². The van der Waals surface area contributed by atoms with Gasteiger partial charge in [0.1, 0.15) is 0 Å². The summed E-state index contributed by atoms with van der Waals surface area (Å²) in [6, 6.07) is 3.38. The first-order chi connectivity index (χ1) is 9.20. The smallest absolute Gasteiger partial charge is 0.358 e. The first kappa shape index (κ1) is 13.7. The third-order valence-electron chi connectivity index (χ3n) is 3.19. The number of hydrogen-bond acceptors (Lipinski definition) is 6. The molecule has 0 spiro atoms. The molecule has 104 valence electrons. The number of anilines is 1. The zero-order valence-electron chi connectivity index (χ0n) is 11.3. The number of ether oxygens (including phenoxy) is 2. The van der Waals surface area contributed by atoms with Crippen molar-refractivity contribution in [2.45, 2.75) is 25.4 Å². The van der Waals surface area contributed by atoms with Crippen LogP contribution in [0.1, 0.15) is 29.8 Å². The Hall–Kier alpha value is -1.69. The fourth-order valence-electron chi connectivity index (χ4n) is 2.09. The SMILES string of the molecule is COC(=O)c1ccc(N(C)CC2CCCCO2)nn1. The van der Waals surface area contributed by atoms with E-state index >= 15 is 0 Å². The van der Waals surface area contributed by atoms with E-state index in [2.05, 4.69) is 14.9 Å². The van der Waals surface area contributed by atoms with Crippen LogP contribution in [0.25, 0.3) is 0 Å². The highest BCUT2D eigenvalue weighted by Gasteiger charge is 2.17. The van der Waals surface area contributed by atoms with Crippen molar-refractivity contribution in [3.63, 3.8) is 0 Å². The Morgan fingerprint density at radius 2 is 2.32 bits per heavy atom. The third-order valence-corrected chi connectivity index (χ3v) is 3.19. The van der Waals surface area contributed by atoms with E-state index in [4.69, 9.17) is 4.74 Å². The van der Waals surface area contributed by atoms with Crippen molar-refractivity contribution in [3.05, 3.63) is 17.8 Å². The summed E-state index contributed by atoms with van der Waals surface area (Å²) in [6.07, 6.45) is 3.69. The van der Waals surface area contributed by atoms with Crippen LogP contribution in [0.3, 0.4) is 0 Å². The van der Waals surface area contributed by atoms with Gasteiger partial charge in [0.15, 0.2) is 11.5 Å². The molecule has 0 aromatic carbocycles. The lowest BCUT2D eigenvalue weighted by Crippen LogP contribution is -2.33. The van der Waals surface area contributed by atoms with Crippen molar-refractivity contribution >= 4 is 11.8 Å². The molecule has 19 heavy (non-hydrogen) atoms. The number of hydrogen-bond donors (Lipinski definition) is 0. The van der Waals surface area contributed by atoms with Crippen molar-refractivity contribution in [2.75, 3.05) is 32.2 Å². The van der Waals surface area contributed by atoms with E-state index in [1.165, 1.54) is 13.5 Å². The lowest BCUT2D eigenvalue weighted by molar-refractivity contribution is 0.0215. The molecule has 1 atom stereocenters. The molecule has 0 saturated carbocycles. The highest BCUT2D eigenvalue weighted by Crippen LogP contribution is 2.16. The highest BCUT2D eigenvalue weighted by molar-refractivity contribution is 5.86. The number of carbonyl (C=O) groups is 1. The molecule has 1 aliphatic heterocycles. The molecule has 1 unspecified atom stereocenters.